The van der Waals surface area contributed by atoms with Crippen LogP contribution >= 0.6 is 0 Å². The van der Waals surface area contributed by atoms with Crippen molar-refractivity contribution < 1.29 is 28.3 Å². The first kappa shape index (κ1) is 25.5. The van der Waals surface area contributed by atoms with Gasteiger partial charge < -0.3 is 15.4 Å². The molecule has 0 radical (unpaired) electrons. The molecule has 2 amide bonds. The Bertz CT molecular complexity index is 1430. The third-order valence-electron chi connectivity index (χ3n) is 7.22. The number of fused-ring (bicyclic) bond motifs is 2. The van der Waals surface area contributed by atoms with Crippen LogP contribution in [0.5, 0.6) is 5.75 Å². The Morgan fingerprint density at radius 3 is 2.66 bits per heavy atom. The van der Waals surface area contributed by atoms with Crippen LogP contribution in [0.3, 0.4) is 0 Å². The minimum Gasteiger partial charge on any atom is -0.486 e. The fraction of sp³-hybridized carbons (Fsp3) is 0.407. The Morgan fingerprint density at radius 2 is 1.89 bits per heavy atom. The number of Topliss-reactive ketones (excluding diaryl/α,β-unsaturated/α-hetero) is 2. The number of carbonyl (C=O) groups is 4. The molecule has 1 aliphatic carbocycles. The van der Waals surface area contributed by atoms with Crippen LogP contribution in [0.4, 0.5) is 4.39 Å². The monoisotopic (exact) mass is 521 g/mol. The summed E-state index contributed by atoms with van der Waals surface area (Å²) in [6, 6.07) is 6.62. The summed E-state index contributed by atoms with van der Waals surface area (Å²) in [6.45, 7) is 2.21. The summed E-state index contributed by atoms with van der Waals surface area (Å²) in [5, 5.41) is 9.51. The Hall–Kier alpha value is -4.15. The van der Waals surface area contributed by atoms with Crippen LogP contribution in [0.25, 0.3) is 5.65 Å². The maximum atomic E-state index is 14.4. The van der Waals surface area contributed by atoms with Gasteiger partial charge in [0.25, 0.3) is 11.8 Å². The van der Waals surface area contributed by atoms with Crippen molar-refractivity contribution in [3.63, 3.8) is 0 Å². The molecule has 1 fully saturated rings. The molecular formula is C27H28FN5O5. The minimum absolute atomic E-state index is 0.00841. The van der Waals surface area contributed by atoms with E-state index in [4.69, 9.17) is 4.74 Å². The number of nitrogens with one attached hydrogen (secondary N) is 2. The number of hydrogen-bond donors (Lipinski definition) is 2. The molecule has 0 unspecified atom stereocenters. The van der Waals surface area contributed by atoms with E-state index in [0.29, 0.717) is 12.3 Å². The van der Waals surface area contributed by atoms with Gasteiger partial charge in [-0.1, -0.05) is 6.07 Å². The van der Waals surface area contributed by atoms with Crippen molar-refractivity contribution in [3.8, 4) is 5.75 Å². The maximum absolute atomic E-state index is 14.4. The standard InChI is InChI=1S/C27H28FN5O5/c1-15(34)18-5-2-16(3-6-18)11-30-27(37)23-10-22(32-25-21(28)13-31-33(23)25)26(36)29-12-17-4-7-24-19(8-17)9-20(35)14-38-24/h4,7-8,10,13,16,18H,2-3,5-6,9,11-12,14H2,1H3,(H,29,36)(H,30,37). The summed E-state index contributed by atoms with van der Waals surface area (Å²) in [5.74, 6) is -0.686. The smallest absolute Gasteiger partial charge is 0.270 e. The van der Waals surface area contributed by atoms with Crippen LogP contribution in [-0.2, 0) is 22.6 Å². The lowest BCUT2D eigenvalue weighted by Crippen LogP contribution is -2.34. The van der Waals surface area contributed by atoms with E-state index in [9.17, 15) is 23.6 Å². The van der Waals surface area contributed by atoms with Crippen molar-refractivity contribution >= 4 is 29.0 Å². The molecule has 1 saturated carbocycles. The molecule has 38 heavy (non-hydrogen) atoms. The second-order valence-electron chi connectivity index (χ2n) is 9.92. The van der Waals surface area contributed by atoms with Gasteiger partial charge in [-0.3, -0.25) is 19.2 Å². The zero-order valence-electron chi connectivity index (χ0n) is 21.0. The van der Waals surface area contributed by atoms with Crippen LogP contribution in [0.15, 0.2) is 30.5 Å². The Morgan fingerprint density at radius 1 is 1.11 bits per heavy atom. The third-order valence-corrected chi connectivity index (χ3v) is 7.22. The van der Waals surface area contributed by atoms with Crippen LogP contribution < -0.4 is 15.4 Å². The molecule has 198 valence electrons. The first-order chi connectivity index (χ1) is 18.3. The first-order valence-electron chi connectivity index (χ1n) is 12.7. The third kappa shape index (κ3) is 5.41. The van der Waals surface area contributed by atoms with Crippen LogP contribution in [0, 0.1) is 17.7 Å². The van der Waals surface area contributed by atoms with E-state index < -0.39 is 17.6 Å². The number of rotatable bonds is 7. The van der Waals surface area contributed by atoms with Gasteiger partial charge in [0.2, 0.25) is 0 Å². The Kier molecular flexibility index (Phi) is 7.17. The van der Waals surface area contributed by atoms with Crippen LogP contribution in [0.1, 0.15) is 64.7 Å². The lowest BCUT2D eigenvalue weighted by Gasteiger charge is -2.27. The molecule has 0 bridgehead atoms. The zero-order chi connectivity index (χ0) is 26.8. The van der Waals surface area contributed by atoms with E-state index >= 15 is 0 Å². The van der Waals surface area contributed by atoms with Crippen molar-refractivity contribution in [2.24, 2.45) is 11.8 Å². The van der Waals surface area contributed by atoms with Gasteiger partial charge >= 0.3 is 0 Å². The number of hydrogen-bond acceptors (Lipinski definition) is 7. The quantitative estimate of drug-likeness (QED) is 0.488. The predicted molar refractivity (Wildman–Crippen MR) is 133 cm³/mol. The zero-order valence-corrected chi connectivity index (χ0v) is 21.0. The highest BCUT2D eigenvalue weighted by Gasteiger charge is 2.25. The molecule has 1 aromatic carbocycles. The van der Waals surface area contributed by atoms with Gasteiger partial charge in [0.15, 0.2) is 17.2 Å². The van der Waals surface area contributed by atoms with Crippen molar-refractivity contribution in [2.45, 2.75) is 45.6 Å². The molecule has 11 heteroatoms. The summed E-state index contributed by atoms with van der Waals surface area (Å²) >= 11 is 0. The summed E-state index contributed by atoms with van der Waals surface area (Å²) in [5.41, 5.74) is 1.15. The molecule has 5 rings (SSSR count). The molecule has 2 N–H and O–H groups in total. The Labute approximate surface area is 218 Å². The number of nitrogens with zero attached hydrogens (tertiary/aromatic N) is 3. The van der Waals surface area contributed by atoms with Gasteiger partial charge in [-0.15, -0.1) is 0 Å². The van der Waals surface area contributed by atoms with Gasteiger partial charge in [-0.25, -0.2) is 13.9 Å². The number of ketones is 2. The molecule has 10 nitrogen and oxygen atoms in total. The molecule has 0 spiro atoms. The topological polar surface area (TPSA) is 132 Å². The molecule has 2 aliphatic rings. The van der Waals surface area contributed by atoms with E-state index in [-0.39, 0.29) is 60.0 Å². The van der Waals surface area contributed by atoms with E-state index in [0.717, 1.165) is 47.5 Å². The van der Waals surface area contributed by atoms with Crippen LogP contribution in [-0.4, -0.2) is 51.1 Å². The molecule has 3 aromatic rings. The summed E-state index contributed by atoms with van der Waals surface area (Å²) in [4.78, 5) is 53.3. The van der Waals surface area contributed by atoms with Gasteiger partial charge in [0, 0.05) is 37.1 Å². The number of amides is 2. The van der Waals surface area contributed by atoms with Gasteiger partial charge in [0.05, 0.1) is 6.20 Å². The predicted octanol–water partition coefficient (Wildman–Crippen LogP) is 2.43. The number of halogens is 1. The average Bonchev–Trinajstić information content (AvgIpc) is 3.30. The molecule has 1 aliphatic heterocycles. The summed E-state index contributed by atoms with van der Waals surface area (Å²) in [7, 11) is 0. The van der Waals surface area contributed by atoms with E-state index in [1.54, 1.807) is 25.1 Å². The molecular weight excluding hydrogens is 493 g/mol. The largest absolute Gasteiger partial charge is 0.486 e. The fourth-order valence-corrected chi connectivity index (χ4v) is 5.03. The number of benzene rings is 1. The lowest BCUT2D eigenvalue weighted by atomic mass is 9.80. The summed E-state index contributed by atoms with van der Waals surface area (Å²) in [6.07, 6.45) is 4.49. The highest BCUT2D eigenvalue weighted by atomic mass is 19.1. The molecule has 0 atom stereocenters. The molecule has 3 heterocycles. The highest BCUT2D eigenvalue weighted by molar-refractivity contribution is 5.98. The van der Waals surface area contributed by atoms with Crippen molar-refractivity contribution in [2.75, 3.05) is 13.2 Å². The van der Waals surface area contributed by atoms with Crippen molar-refractivity contribution in [1.29, 1.82) is 0 Å². The number of ether oxygens (including phenoxy) is 1. The van der Waals surface area contributed by atoms with E-state index in [1.165, 1.54) is 6.07 Å². The lowest BCUT2D eigenvalue weighted by molar-refractivity contribution is -0.122. The Balaban J connectivity index is 1.27. The van der Waals surface area contributed by atoms with Crippen molar-refractivity contribution in [3.05, 3.63) is 58.8 Å². The van der Waals surface area contributed by atoms with Gasteiger partial charge in [-0.05, 0) is 56.2 Å². The SMILES string of the molecule is CC(=O)C1CCC(CNC(=O)c2cc(C(=O)NCc3ccc4c(c3)CC(=O)CO4)nc3c(F)cnn23)CC1. The van der Waals surface area contributed by atoms with Crippen LogP contribution in [0.2, 0.25) is 0 Å². The van der Waals surface area contributed by atoms with Gasteiger partial charge in [0.1, 0.15) is 29.5 Å². The molecule has 0 saturated heterocycles. The normalized spacial score (nSPS) is 18.9. The molecule has 2 aromatic heterocycles. The second kappa shape index (κ2) is 10.7. The minimum atomic E-state index is -0.754. The van der Waals surface area contributed by atoms with Gasteiger partial charge in [-0.2, -0.15) is 5.10 Å². The van der Waals surface area contributed by atoms with Crippen molar-refractivity contribution in [1.82, 2.24) is 25.2 Å². The van der Waals surface area contributed by atoms with E-state index in [1.807, 2.05) is 0 Å². The van der Waals surface area contributed by atoms with E-state index in [2.05, 4.69) is 20.7 Å². The number of aromatic nitrogens is 3. The fourth-order valence-electron chi connectivity index (χ4n) is 5.03. The maximum Gasteiger partial charge on any atom is 0.270 e. The average molecular weight is 522 g/mol. The summed E-state index contributed by atoms with van der Waals surface area (Å²) < 4.78 is 20.9. The first-order valence-corrected chi connectivity index (χ1v) is 12.7. The number of carbonyl (C=O) groups excluding carboxylic acids is 4. The second-order valence-corrected chi connectivity index (χ2v) is 9.92. The highest BCUT2D eigenvalue weighted by Crippen LogP contribution is 2.29.